The SMILES string of the molecule is COc1cc(C=Nc2ccccc2-c2n[nH]c(=S)[nH]c2=O)cc(OC)c1O. The van der Waals surface area contributed by atoms with Gasteiger partial charge in [0, 0.05) is 17.3 Å². The van der Waals surface area contributed by atoms with Gasteiger partial charge in [-0.1, -0.05) is 18.2 Å². The van der Waals surface area contributed by atoms with Gasteiger partial charge in [0.05, 0.1) is 19.9 Å². The summed E-state index contributed by atoms with van der Waals surface area (Å²) in [6.07, 6.45) is 1.57. The van der Waals surface area contributed by atoms with Gasteiger partial charge in [-0.3, -0.25) is 19.9 Å². The zero-order valence-electron chi connectivity index (χ0n) is 14.5. The van der Waals surface area contributed by atoms with Crippen LogP contribution in [0.1, 0.15) is 5.56 Å². The highest BCUT2D eigenvalue weighted by Crippen LogP contribution is 2.37. The predicted molar refractivity (Wildman–Crippen MR) is 104 cm³/mol. The molecule has 3 N–H and O–H groups in total. The predicted octanol–water partition coefficient (Wildman–Crippen LogP) is 2.97. The second-order valence-electron chi connectivity index (χ2n) is 5.40. The molecule has 0 aliphatic rings. The third kappa shape index (κ3) is 3.87. The first-order valence-corrected chi connectivity index (χ1v) is 8.21. The van der Waals surface area contributed by atoms with Crippen molar-refractivity contribution in [1.29, 1.82) is 0 Å². The number of aromatic amines is 2. The Morgan fingerprint density at radius 3 is 2.48 bits per heavy atom. The molecule has 0 atom stereocenters. The number of ether oxygens (including phenoxy) is 2. The zero-order chi connectivity index (χ0) is 19.4. The molecule has 0 spiro atoms. The Morgan fingerprint density at radius 1 is 1.19 bits per heavy atom. The summed E-state index contributed by atoms with van der Waals surface area (Å²) in [5.74, 6) is 0.434. The summed E-state index contributed by atoms with van der Waals surface area (Å²) >= 11 is 4.87. The van der Waals surface area contributed by atoms with Crippen LogP contribution in [0.3, 0.4) is 0 Å². The first-order chi connectivity index (χ1) is 13.0. The van der Waals surface area contributed by atoms with E-state index in [1.807, 2.05) is 0 Å². The monoisotopic (exact) mass is 384 g/mol. The highest BCUT2D eigenvalue weighted by Gasteiger charge is 2.12. The molecule has 3 aromatic rings. The average molecular weight is 384 g/mol. The molecule has 0 amide bonds. The molecule has 0 fully saturated rings. The lowest BCUT2D eigenvalue weighted by Crippen LogP contribution is -2.12. The van der Waals surface area contributed by atoms with Gasteiger partial charge in [0.2, 0.25) is 5.75 Å². The molecular formula is C18H16N4O4S. The molecule has 0 radical (unpaired) electrons. The van der Waals surface area contributed by atoms with Crippen LogP contribution in [0, 0.1) is 4.77 Å². The van der Waals surface area contributed by atoms with Crippen molar-refractivity contribution < 1.29 is 14.6 Å². The molecule has 0 aliphatic heterocycles. The average Bonchev–Trinajstić information content (AvgIpc) is 2.67. The van der Waals surface area contributed by atoms with E-state index in [0.29, 0.717) is 16.8 Å². The molecule has 0 saturated heterocycles. The highest BCUT2D eigenvalue weighted by atomic mass is 32.1. The van der Waals surface area contributed by atoms with Gasteiger partial charge >= 0.3 is 0 Å². The molecule has 2 aromatic carbocycles. The van der Waals surface area contributed by atoms with E-state index in [2.05, 4.69) is 20.2 Å². The number of nitrogens with zero attached hydrogens (tertiary/aromatic N) is 2. The number of hydrogen-bond donors (Lipinski definition) is 3. The number of phenolic OH excluding ortho intramolecular Hbond substituents is 1. The van der Waals surface area contributed by atoms with E-state index in [1.54, 1.807) is 42.6 Å². The first kappa shape index (κ1) is 18.3. The molecule has 1 aromatic heterocycles. The molecule has 9 heteroatoms. The summed E-state index contributed by atoms with van der Waals surface area (Å²) in [5.41, 5.74) is 1.49. The number of benzene rings is 2. The molecule has 0 unspecified atom stereocenters. The summed E-state index contributed by atoms with van der Waals surface area (Å²) < 4.78 is 10.4. The maximum Gasteiger partial charge on any atom is 0.278 e. The van der Waals surface area contributed by atoms with Crippen molar-refractivity contribution >= 4 is 24.1 Å². The third-order valence-corrected chi connectivity index (χ3v) is 3.92. The van der Waals surface area contributed by atoms with Crippen molar-refractivity contribution in [3.8, 4) is 28.5 Å². The van der Waals surface area contributed by atoms with Crippen molar-refractivity contribution in [2.75, 3.05) is 14.2 Å². The van der Waals surface area contributed by atoms with Gasteiger partial charge in [-0.05, 0) is 30.4 Å². The molecule has 0 saturated carbocycles. The van der Waals surface area contributed by atoms with Crippen LogP contribution in [-0.4, -0.2) is 40.7 Å². The van der Waals surface area contributed by atoms with Crippen LogP contribution in [0.15, 0.2) is 46.2 Å². The Balaban J connectivity index is 2.05. The lowest BCUT2D eigenvalue weighted by Gasteiger charge is -2.09. The minimum Gasteiger partial charge on any atom is -0.502 e. The Bertz CT molecular complexity index is 1100. The summed E-state index contributed by atoms with van der Waals surface area (Å²) in [6, 6.07) is 10.3. The summed E-state index contributed by atoms with van der Waals surface area (Å²) in [4.78, 5) is 19.1. The molecular weight excluding hydrogens is 368 g/mol. The Labute approximate surface area is 159 Å². The molecule has 138 valence electrons. The summed E-state index contributed by atoms with van der Waals surface area (Å²) in [6.45, 7) is 0. The number of aromatic hydroxyl groups is 1. The highest BCUT2D eigenvalue weighted by molar-refractivity contribution is 7.71. The smallest absolute Gasteiger partial charge is 0.278 e. The van der Waals surface area contributed by atoms with Crippen molar-refractivity contribution in [3.63, 3.8) is 0 Å². The number of nitrogens with one attached hydrogen (secondary N) is 2. The number of aliphatic imine (C=N–C) groups is 1. The normalized spacial score (nSPS) is 10.9. The lowest BCUT2D eigenvalue weighted by molar-refractivity contribution is 0.340. The number of para-hydroxylation sites is 1. The van der Waals surface area contributed by atoms with E-state index in [4.69, 9.17) is 21.7 Å². The lowest BCUT2D eigenvalue weighted by atomic mass is 10.1. The Kier molecular flexibility index (Phi) is 5.32. The van der Waals surface area contributed by atoms with Crippen LogP contribution in [0.2, 0.25) is 0 Å². The first-order valence-electron chi connectivity index (χ1n) is 7.81. The maximum atomic E-state index is 12.2. The van der Waals surface area contributed by atoms with Crippen LogP contribution in [0.4, 0.5) is 5.69 Å². The molecule has 3 rings (SSSR count). The number of methoxy groups -OCH3 is 2. The van der Waals surface area contributed by atoms with Crippen LogP contribution in [0.5, 0.6) is 17.2 Å². The van der Waals surface area contributed by atoms with Gasteiger partial charge in [-0.25, -0.2) is 0 Å². The van der Waals surface area contributed by atoms with Gasteiger partial charge in [-0.15, -0.1) is 0 Å². The van der Waals surface area contributed by atoms with E-state index >= 15 is 0 Å². The van der Waals surface area contributed by atoms with E-state index in [1.165, 1.54) is 14.2 Å². The van der Waals surface area contributed by atoms with Gasteiger partial charge in [-0.2, -0.15) is 5.10 Å². The van der Waals surface area contributed by atoms with E-state index in [-0.39, 0.29) is 27.7 Å². The van der Waals surface area contributed by atoms with Crippen molar-refractivity contribution in [3.05, 3.63) is 57.1 Å². The maximum absolute atomic E-state index is 12.2. The topological polar surface area (TPSA) is 113 Å². The number of H-pyrrole nitrogens is 2. The van der Waals surface area contributed by atoms with Crippen molar-refractivity contribution in [2.45, 2.75) is 0 Å². The minimum atomic E-state index is -0.408. The standard InChI is InChI=1S/C18H16N4O4S/c1-25-13-7-10(8-14(26-2)16(13)23)9-19-12-6-4-3-5-11(12)15-17(24)20-18(27)22-21-15/h3-9,23H,1-2H3,(H2,20,22,24,27). The molecule has 8 nitrogen and oxygen atoms in total. The second kappa shape index (κ2) is 7.83. The zero-order valence-corrected chi connectivity index (χ0v) is 15.3. The Morgan fingerprint density at radius 2 is 1.85 bits per heavy atom. The van der Waals surface area contributed by atoms with Gasteiger partial charge < -0.3 is 14.6 Å². The molecule has 0 bridgehead atoms. The van der Waals surface area contributed by atoms with Crippen LogP contribution < -0.4 is 15.0 Å². The molecule has 1 heterocycles. The fourth-order valence-electron chi connectivity index (χ4n) is 2.45. The van der Waals surface area contributed by atoms with Crippen LogP contribution in [0.25, 0.3) is 11.3 Å². The van der Waals surface area contributed by atoms with Gasteiger partial charge in [0.15, 0.2) is 22.0 Å². The van der Waals surface area contributed by atoms with Crippen molar-refractivity contribution in [2.24, 2.45) is 4.99 Å². The quantitative estimate of drug-likeness (QED) is 0.460. The number of rotatable bonds is 5. The van der Waals surface area contributed by atoms with E-state index in [9.17, 15) is 9.90 Å². The Hall–Kier alpha value is -3.46. The van der Waals surface area contributed by atoms with Crippen LogP contribution in [-0.2, 0) is 0 Å². The molecule has 0 aliphatic carbocycles. The summed E-state index contributed by atoms with van der Waals surface area (Å²) in [7, 11) is 2.89. The third-order valence-electron chi connectivity index (χ3n) is 3.73. The van der Waals surface area contributed by atoms with Gasteiger partial charge in [0.25, 0.3) is 5.56 Å². The van der Waals surface area contributed by atoms with Gasteiger partial charge in [0.1, 0.15) is 0 Å². The van der Waals surface area contributed by atoms with Crippen molar-refractivity contribution in [1.82, 2.24) is 15.2 Å². The number of aromatic nitrogens is 3. The largest absolute Gasteiger partial charge is 0.502 e. The fraction of sp³-hybridized carbons (Fsp3) is 0.111. The molecule has 27 heavy (non-hydrogen) atoms. The second-order valence-corrected chi connectivity index (χ2v) is 5.81. The fourth-order valence-corrected chi connectivity index (χ4v) is 2.59. The number of hydrogen-bond acceptors (Lipinski definition) is 7. The number of phenols is 1. The van der Waals surface area contributed by atoms with E-state index in [0.717, 1.165) is 0 Å². The van der Waals surface area contributed by atoms with E-state index < -0.39 is 5.56 Å². The minimum absolute atomic E-state index is 0.0900. The van der Waals surface area contributed by atoms with Crippen LogP contribution >= 0.6 is 12.2 Å². The summed E-state index contributed by atoms with van der Waals surface area (Å²) in [5, 5.41) is 16.6.